The Bertz CT molecular complexity index is 701. The molecule has 3 fully saturated rings. The van der Waals surface area contributed by atoms with Crippen LogP contribution in [0.25, 0.3) is 10.6 Å². The van der Waals surface area contributed by atoms with E-state index in [2.05, 4.69) is 22.8 Å². The molecule has 1 radical (unpaired) electrons. The van der Waals surface area contributed by atoms with E-state index in [9.17, 15) is 36.6 Å². The summed E-state index contributed by atoms with van der Waals surface area (Å²) in [5, 5.41) is 45.9. The van der Waals surface area contributed by atoms with E-state index in [1.165, 1.54) is 19.3 Å². The van der Waals surface area contributed by atoms with Gasteiger partial charge in [0.05, 0.1) is 12.2 Å². The number of rotatable bonds is 7. The van der Waals surface area contributed by atoms with E-state index in [1.54, 1.807) is 0 Å². The zero-order valence-electron chi connectivity index (χ0n) is 24.8. The van der Waals surface area contributed by atoms with Gasteiger partial charge >= 0.3 is 29.4 Å². The largest absolute Gasteiger partial charge is 2.00 e. The molecule has 43 heavy (non-hydrogen) atoms. The van der Waals surface area contributed by atoms with E-state index >= 15 is 0 Å². The van der Waals surface area contributed by atoms with Crippen LogP contribution in [-0.2, 0) is 17.1 Å². The molecule has 2 aliphatic heterocycles. The number of nitrogens with zero attached hydrogens (tertiary/aromatic N) is 2. The molecule has 0 amide bonds. The Morgan fingerprint density at radius 1 is 0.605 bits per heavy atom. The molecule has 4 N–H and O–H groups in total. The third kappa shape index (κ3) is 16.1. The molecule has 2 aliphatic carbocycles. The van der Waals surface area contributed by atoms with Crippen molar-refractivity contribution in [1.29, 1.82) is 0 Å². The Hall–Kier alpha value is -0.401. The molecule has 0 aromatic rings. The summed E-state index contributed by atoms with van der Waals surface area (Å²) >= 11 is 0. The molecule has 6 nitrogen and oxygen atoms in total. The summed E-state index contributed by atoms with van der Waals surface area (Å²) in [5.41, 5.74) is 0. The number of aliphatic hydroxyl groups is 4. The second-order valence-electron chi connectivity index (χ2n) is 12.1. The fourth-order valence-corrected chi connectivity index (χ4v) is 6.08. The number of alkyl halides is 6. The van der Waals surface area contributed by atoms with Crippen LogP contribution in [0.2, 0.25) is 0 Å². The van der Waals surface area contributed by atoms with E-state index in [4.69, 9.17) is 10.2 Å². The molecule has 6 unspecified atom stereocenters. The molecule has 0 bridgehead atoms. The maximum absolute atomic E-state index is 12.0. The maximum atomic E-state index is 12.0. The molecule has 2 heterocycles. The van der Waals surface area contributed by atoms with Gasteiger partial charge in [-0.15, -0.1) is 31.2 Å². The topological polar surface area (TPSA) is 109 Å². The minimum absolute atomic E-state index is 0. The van der Waals surface area contributed by atoms with Gasteiger partial charge in [0, 0.05) is 12.8 Å². The van der Waals surface area contributed by atoms with Gasteiger partial charge in [0.1, 0.15) is 0 Å². The maximum Gasteiger partial charge on any atom is 2.00 e. The van der Waals surface area contributed by atoms with Crippen LogP contribution in [0.5, 0.6) is 0 Å². The van der Waals surface area contributed by atoms with Gasteiger partial charge in [0.25, 0.3) is 0 Å². The van der Waals surface area contributed by atoms with Gasteiger partial charge in [0.2, 0.25) is 0 Å². The van der Waals surface area contributed by atoms with Gasteiger partial charge < -0.3 is 31.1 Å². The molecule has 4 aliphatic rings. The zero-order valence-corrected chi connectivity index (χ0v) is 26.0. The average molecular weight is 672 g/mol. The van der Waals surface area contributed by atoms with Crippen molar-refractivity contribution in [2.24, 2.45) is 11.8 Å². The first kappa shape index (κ1) is 40.6. The van der Waals surface area contributed by atoms with Crippen molar-refractivity contribution in [3.05, 3.63) is 22.8 Å². The minimum atomic E-state index is -4.62. The number of hydrogen-bond acceptors (Lipinski definition) is 4. The third-order valence-corrected chi connectivity index (χ3v) is 8.71. The third-order valence-electron chi connectivity index (χ3n) is 8.71. The van der Waals surface area contributed by atoms with Crippen LogP contribution in [0.1, 0.15) is 103 Å². The Kier molecular flexibility index (Phi) is 19.5. The van der Waals surface area contributed by atoms with Gasteiger partial charge in [-0.1, -0.05) is 70.3 Å². The van der Waals surface area contributed by atoms with Gasteiger partial charge in [-0.25, -0.2) is 0 Å². The van der Waals surface area contributed by atoms with Crippen LogP contribution >= 0.6 is 0 Å². The molecule has 1 saturated heterocycles. The Morgan fingerprint density at radius 3 is 1.40 bits per heavy atom. The molecule has 13 heteroatoms. The first-order valence-corrected chi connectivity index (χ1v) is 15.6. The number of hydrogen-bond donors (Lipinski definition) is 4. The second kappa shape index (κ2) is 20.7. The van der Waals surface area contributed by atoms with Crippen molar-refractivity contribution in [3.63, 3.8) is 0 Å². The van der Waals surface area contributed by atoms with Crippen molar-refractivity contribution in [2.75, 3.05) is 13.1 Å². The van der Waals surface area contributed by atoms with Gasteiger partial charge in [-0.3, -0.25) is 0 Å². The molecule has 0 aromatic carbocycles. The standard InChI is InChI=1S/2C10H17F3O2.C10H16N2.Mn/c2*11-10(12,13)9(15)6-8(14)7-4-2-1-3-5-7;1-3-7-11-9(5-1)10-6-2-4-8-12-10;/h2*7-9,14-15H,1-6H2;1,5,9-10H,2-4,6-8H2;/q;;-2;+2. The number of piperidine rings is 1. The van der Waals surface area contributed by atoms with Gasteiger partial charge in [-0.05, 0) is 37.5 Å². The molecular weight excluding hydrogens is 621 g/mol. The van der Waals surface area contributed by atoms with Crippen LogP contribution in [0.15, 0.2) is 12.2 Å². The van der Waals surface area contributed by atoms with E-state index in [0.29, 0.717) is 12.1 Å². The van der Waals surface area contributed by atoms with Crippen molar-refractivity contribution in [3.8, 4) is 0 Å². The molecule has 0 spiro atoms. The summed E-state index contributed by atoms with van der Waals surface area (Å²) in [5.74, 6) is -0.147. The quantitative estimate of drug-likeness (QED) is 0.132. The number of aliphatic hydroxyl groups excluding tert-OH is 4. The summed E-state index contributed by atoms with van der Waals surface area (Å²) in [4.78, 5) is 0. The van der Waals surface area contributed by atoms with Crippen LogP contribution in [-0.4, -0.2) is 82.4 Å². The summed E-state index contributed by atoms with van der Waals surface area (Å²) < 4.78 is 72.1. The van der Waals surface area contributed by atoms with E-state index in [1.807, 2.05) is 0 Å². The molecule has 6 atom stereocenters. The molecule has 2 saturated carbocycles. The van der Waals surface area contributed by atoms with Crippen molar-refractivity contribution < 1.29 is 63.8 Å². The summed E-state index contributed by atoms with van der Waals surface area (Å²) in [7, 11) is 0. The van der Waals surface area contributed by atoms with Crippen molar-refractivity contribution >= 4 is 0 Å². The monoisotopic (exact) mass is 671 g/mol. The Labute approximate surface area is 262 Å². The first-order valence-electron chi connectivity index (χ1n) is 15.6. The van der Waals surface area contributed by atoms with Crippen molar-refractivity contribution in [1.82, 2.24) is 0 Å². The normalized spacial score (nSPS) is 26.8. The van der Waals surface area contributed by atoms with Crippen LogP contribution in [0.4, 0.5) is 26.3 Å². The van der Waals surface area contributed by atoms with E-state index in [-0.39, 0.29) is 28.9 Å². The molecule has 4 rings (SSSR count). The van der Waals surface area contributed by atoms with E-state index in [0.717, 1.165) is 83.7 Å². The van der Waals surface area contributed by atoms with Crippen LogP contribution < -0.4 is 0 Å². The number of halogens is 6. The van der Waals surface area contributed by atoms with Crippen LogP contribution in [0, 0.1) is 11.8 Å². The van der Waals surface area contributed by atoms with Gasteiger partial charge in [0.15, 0.2) is 12.2 Å². The van der Waals surface area contributed by atoms with Gasteiger partial charge in [-0.2, -0.15) is 26.3 Å². The Balaban J connectivity index is 0.000000321. The van der Waals surface area contributed by atoms with E-state index < -0.39 is 49.6 Å². The minimum Gasteiger partial charge on any atom is -0.660 e. The smallest absolute Gasteiger partial charge is 0.660 e. The fourth-order valence-electron chi connectivity index (χ4n) is 6.08. The summed E-state index contributed by atoms with van der Waals surface area (Å²) in [6.45, 7) is 2.07. The summed E-state index contributed by atoms with van der Waals surface area (Å²) in [6.07, 6.45) is 1.35. The average Bonchev–Trinajstić information content (AvgIpc) is 2.98. The second-order valence-corrected chi connectivity index (χ2v) is 12.1. The molecule has 253 valence electrons. The SMILES string of the molecule is C1=CC(C2CCCC[N-]2)[N-]CC1.OC(CC(O)C(F)(F)F)C1CCCCC1.OC(CC(O)C(F)(F)F)C1CCCCC1.[Mn+2]. The Morgan fingerprint density at radius 2 is 1.05 bits per heavy atom. The first-order chi connectivity index (χ1) is 19.8. The predicted molar refractivity (Wildman–Crippen MR) is 150 cm³/mol. The summed E-state index contributed by atoms with van der Waals surface area (Å²) in [6, 6.07) is 0.925. The predicted octanol–water partition coefficient (Wildman–Crippen LogP) is 7.09. The van der Waals surface area contributed by atoms with Crippen molar-refractivity contribution in [2.45, 2.75) is 152 Å². The molecule has 0 aromatic heterocycles. The zero-order chi connectivity index (χ0) is 31.2. The molecular formula is C30H50F6MnN2O4. The fraction of sp³-hybridized carbons (Fsp3) is 0.933. The van der Waals surface area contributed by atoms with Crippen LogP contribution in [0.3, 0.4) is 0 Å².